The largest absolute Gasteiger partial charge is 0.443 e. The van der Waals surface area contributed by atoms with Gasteiger partial charge in [0.05, 0.1) is 6.61 Å². The number of ether oxygens (including phenoxy) is 1. The molecule has 0 aromatic heterocycles. The quantitative estimate of drug-likeness (QED) is 0.437. The van der Waals surface area contributed by atoms with Gasteiger partial charge in [-0.2, -0.15) is 13.2 Å². The zero-order valence-corrected chi connectivity index (χ0v) is 17.1. The van der Waals surface area contributed by atoms with E-state index in [9.17, 15) is 22.0 Å². The van der Waals surface area contributed by atoms with Gasteiger partial charge in [-0.05, 0) is 35.8 Å². The molecule has 166 valence electrons. The summed E-state index contributed by atoms with van der Waals surface area (Å²) >= 11 is 0. The molecule has 0 radical (unpaired) electrons. The van der Waals surface area contributed by atoms with Crippen molar-refractivity contribution in [2.24, 2.45) is 5.73 Å². The molecule has 30 heavy (non-hydrogen) atoms. The Morgan fingerprint density at radius 2 is 1.70 bits per heavy atom. The molecule has 2 N–H and O–H groups in total. The highest BCUT2D eigenvalue weighted by atomic mass is 32.2. The lowest BCUT2D eigenvalue weighted by Crippen LogP contribution is -2.49. The average molecular weight is 449 g/mol. The molecule has 1 saturated heterocycles. The number of hydrogen-bond acceptors (Lipinski definition) is 4. The molecule has 3 aliphatic heterocycles. The second-order valence-electron chi connectivity index (χ2n) is 8.17. The molecule has 10 heteroatoms. The van der Waals surface area contributed by atoms with E-state index in [1.165, 1.54) is 4.31 Å². The predicted molar refractivity (Wildman–Crippen MR) is 109 cm³/mol. The molecular formula is C20H24F5N3OS. The SMILES string of the molecule is C=S(=C)(N1CC2=C(CN(C3COC(c4cc(F)ccc4F)C(N)C3)C2)C1)C(F)(F)F. The van der Waals surface area contributed by atoms with Gasteiger partial charge in [0.1, 0.15) is 17.7 Å². The van der Waals surface area contributed by atoms with Crippen LogP contribution in [0.15, 0.2) is 29.3 Å². The Morgan fingerprint density at radius 3 is 2.27 bits per heavy atom. The number of rotatable bonds is 3. The van der Waals surface area contributed by atoms with E-state index in [0.29, 0.717) is 26.1 Å². The Labute approximate surface area is 172 Å². The fourth-order valence-corrected chi connectivity index (χ4v) is 5.48. The molecule has 3 atom stereocenters. The van der Waals surface area contributed by atoms with Gasteiger partial charge in [0.25, 0.3) is 0 Å². The van der Waals surface area contributed by atoms with Crippen molar-refractivity contribution in [3.05, 3.63) is 46.5 Å². The van der Waals surface area contributed by atoms with E-state index in [4.69, 9.17) is 10.5 Å². The van der Waals surface area contributed by atoms with Gasteiger partial charge in [0.2, 0.25) is 0 Å². The van der Waals surface area contributed by atoms with Crippen LogP contribution in [0.5, 0.6) is 0 Å². The third-order valence-corrected chi connectivity index (χ3v) is 8.24. The molecule has 1 aromatic carbocycles. The van der Waals surface area contributed by atoms with Crippen LogP contribution >= 0.6 is 9.39 Å². The first kappa shape index (κ1) is 21.8. The Bertz CT molecular complexity index is 957. The highest BCUT2D eigenvalue weighted by Gasteiger charge is 2.44. The van der Waals surface area contributed by atoms with E-state index in [1.807, 2.05) is 0 Å². The van der Waals surface area contributed by atoms with Crippen LogP contribution in [0.4, 0.5) is 22.0 Å². The van der Waals surface area contributed by atoms with Crippen LogP contribution in [0.25, 0.3) is 0 Å². The molecule has 3 unspecified atom stereocenters. The summed E-state index contributed by atoms with van der Waals surface area (Å²) in [6.07, 6.45) is -0.212. The van der Waals surface area contributed by atoms with E-state index >= 15 is 0 Å². The number of nitrogens with two attached hydrogens (primary N) is 1. The van der Waals surface area contributed by atoms with Crippen LogP contribution in [0.3, 0.4) is 0 Å². The molecule has 0 amide bonds. The summed E-state index contributed by atoms with van der Waals surface area (Å²) in [5, 5.41) is 0. The molecule has 0 aliphatic carbocycles. The monoisotopic (exact) mass is 449 g/mol. The van der Waals surface area contributed by atoms with E-state index in [0.717, 1.165) is 29.3 Å². The number of alkyl halides is 3. The third-order valence-electron chi connectivity index (χ3n) is 6.13. The van der Waals surface area contributed by atoms with Gasteiger partial charge in [-0.3, -0.25) is 4.90 Å². The minimum absolute atomic E-state index is 0.0360. The fourth-order valence-electron chi connectivity index (χ4n) is 4.38. The Balaban J connectivity index is 1.37. The van der Waals surface area contributed by atoms with Gasteiger partial charge in [0.15, 0.2) is 0 Å². The van der Waals surface area contributed by atoms with Crippen molar-refractivity contribution in [3.63, 3.8) is 0 Å². The Kier molecular flexibility index (Phi) is 5.51. The summed E-state index contributed by atoms with van der Waals surface area (Å²) in [6.45, 7) is 1.80. The van der Waals surface area contributed by atoms with Gasteiger partial charge in [-0.15, -0.1) is 0 Å². The van der Waals surface area contributed by atoms with E-state index < -0.39 is 38.7 Å². The standard InChI is InChI=1S/C20H24F5N3OS/c1-30(2,20(23,24)25)28-9-12-7-27(8-13(12)10-28)15-6-18(26)19(29-11-15)16-5-14(21)3-4-17(16)22/h3-5,15,18-19H,1-2,6-11,26H2. The molecule has 3 heterocycles. The molecule has 4 nitrogen and oxygen atoms in total. The zero-order chi connectivity index (χ0) is 21.8. The van der Waals surface area contributed by atoms with Crippen LogP contribution in [-0.2, 0) is 4.74 Å². The smallest absolute Gasteiger partial charge is 0.370 e. The highest BCUT2D eigenvalue weighted by Crippen LogP contribution is 2.48. The molecule has 4 rings (SSSR count). The van der Waals surface area contributed by atoms with Crippen molar-refractivity contribution in [3.8, 4) is 0 Å². The maximum atomic E-state index is 14.1. The van der Waals surface area contributed by atoms with E-state index in [-0.39, 0.29) is 24.7 Å². The van der Waals surface area contributed by atoms with Crippen molar-refractivity contribution in [1.82, 2.24) is 9.21 Å². The average Bonchev–Trinajstić information content (AvgIpc) is 3.22. The lowest BCUT2D eigenvalue weighted by molar-refractivity contribution is -0.0469. The number of benzene rings is 1. The third kappa shape index (κ3) is 3.80. The molecule has 0 bridgehead atoms. The molecule has 0 spiro atoms. The summed E-state index contributed by atoms with van der Waals surface area (Å²) in [5.41, 5.74) is 3.84. The zero-order valence-electron chi connectivity index (χ0n) is 16.3. The second-order valence-corrected chi connectivity index (χ2v) is 10.8. The van der Waals surface area contributed by atoms with Crippen LogP contribution in [-0.4, -0.2) is 71.3 Å². The summed E-state index contributed by atoms with van der Waals surface area (Å²) in [7, 11) is -3.35. The Morgan fingerprint density at radius 1 is 1.07 bits per heavy atom. The summed E-state index contributed by atoms with van der Waals surface area (Å²) in [4.78, 5) is 2.14. The Hall–Kier alpha value is -1.46. The van der Waals surface area contributed by atoms with E-state index in [2.05, 4.69) is 16.6 Å². The number of hydrogen-bond donors (Lipinski definition) is 1. The molecule has 3 aliphatic rings. The molecule has 1 fully saturated rings. The fraction of sp³-hybridized carbons (Fsp3) is 0.500. The van der Waals surface area contributed by atoms with Crippen LogP contribution < -0.4 is 5.73 Å². The van der Waals surface area contributed by atoms with Gasteiger partial charge < -0.3 is 10.5 Å². The van der Waals surface area contributed by atoms with Crippen molar-refractivity contribution < 1.29 is 26.7 Å². The van der Waals surface area contributed by atoms with Crippen molar-refractivity contribution in [1.29, 1.82) is 0 Å². The first-order chi connectivity index (χ1) is 14.0. The summed E-state index contributed by atoms with van der Waals surface area (Å²) in [6, 6.07) is 2.65. The number of halogens is 5. The van der Waals surface area contributed by atoms with E-state index in [1.54, 1.807) is 0 Å². The van der Waals surface area contributed by atoms with Crippen LogP contribution in [0.1, 0.15) is 18.1 Å². The normalized spacial score (nSPS) is 28.9. The second kappa shape index (κ2) is 7.59. The minimum atomic E-state index is -4.43. The summed E-state index contributed by atoms with van der Waals surface area (Å²) in [5.74, 6) is 5.60. The lowest BCUT2D eigenvalue weighted by Gasteiger charge is -2.39. The summed E-state index contributed by atoms with van der Waals surface area (Å²) < 4.78 is 74.5. The van der Waals surface area contributed by atoms with Gasteiger partial charge in [-0.25, -0.2) is 13.1 Å². The predicted octanol–water partition coefficient (Wildman–Crippen LogP) is 3.15. The molecule has 0 saturated carbocycles. The first-order valence-electron chi connectivity index (χ1n) is 9.54. The van der Waals surface area contributed by atoms with Gasteiger partial charge >= 0.3 is 5.51 Å². The van der Waals surface area contributed by atoms with Crippen LogP contribution in [0.2, 0.25) is 0 Å². The van der Waals surface area contributed by atoms with Crippen LogP contribution in [0, 0.1) is 11.6 Å². The van der Waals surface area contributed by atoms with Crippen molar-refractivity contribution in [2.45, 2.75) is 30.1 Å². The maximum absolute atomic E-state index is 14.1. The minimum Gasteiger partial charge on any atom is -0.370 e. The van der Waals surface area contributed by atoms with Gasteiger partial charge in [-0.1, -0.05) is 21.1 Å². The maximum Gasteiger partial charge on any atom is 0.443 e. The highest BCUT2D eigenvalue weighted by molar-refractivity contribution is 8.26. The lowest BCUT2D eigenvalue weighted by atomic mass is 9.93. The first-order valence-corrected chi connectivity index (χ1v) is 11.5. The molecular weight excluding hydrogens is 425 g/mol. The van der Waals surface area contributed by atoms with Crippen molar-refractivity contribution in [2.75, 3.05) is 32.8 Å². The number of nitrogens with zero attached hydrogens (tertiary/aromatic N) is 2. The molecule has 1 aromatic rings. The van der Waals surface area contributed by atoms with Gasteiger partial charge in [0, 0.05) is 43.8 Å². The topological polar surface area (TPSA) is 41.7 Å². The van der Waals surface area contributed by atoms with Crippen molar-refractivity contribution >= 4 is 21.1 Å².